The normalized spacial score (nSPS) is 14.4. The molecule has 0 atom stereocenters. The minimum Gasteiger partial charge on any atom is -0.496 e. The maximum atomic E-state index is 12.8. The molecule has 0 unspecified atom stereocenters. The van der Waals surface area contributed by atoms with E-state index < -0.39 is 11.5 Å². The first-order valence-corrected chi connectivity index (χ1v) is 10.2. The van der Waals surface area contributed by atoms with Crippen molar-refractivity contribution in [1.29, 1.82) is 0 Å². The van der Waals surface area contributed by atoms with E-state index in [0.29, 0.717) is 11.3 Å². The zero-order valence-corrected chi connectivity index (χ0v) is 17.9. The van der Waals surface area contributed by atoms with E-state index in [4.69, 9.17) is 9.47 Å². The van der Waals surface area contributed by atoms with Gasteiger partial charge in [0.2, 0.25) is 0 Å². The zero-order chi connectivity index (χ0) is 22.0. The molecule has 0 fully saturated rings. The van der Waals surface area contributed by atoms with E-state index in [1.807, 2.05) is 56.3 Å². The first kappa shape index (κ1) is 20.7. The number of esters is 1. The summed E-state index contributed by atoms with van der Waals surface area (Å²) in [6.45, 7) is 3.81. The Balaban J connectivity index is 1.78. The Bertz CT molecular complexity index is 1140. The summed E-state index contributed by atoms with van der Waals surface area (Å²) in [5.41, 5.74) is 4.16. The van der Waals surface area contributed by atoms with Gasteiger partial charge in [-0.3, -0.25) is 4.79 Å². The van der Waals surface area contributed by atoms with Crippen LogP contribution in [0.2, 0.25) is 0 Å². The van der Waals surface area contributed by atoms with E-state index in [1.165, 1.54) is 0 Å². The molecule has 0 aliphatic carbocycles. The Morgan fingerprint density at radius 1 is 0.968 bits per heavy atom. The number of rotatable bonds is 5. The van der Waals surface area contributed by atoms with E-state index in [0.717, 1.165) is 27.9 Å². The summed E-state index contributed by atoms with van der Waals surface area (Å²) in [5.74, 6) is 0.404. The Labute approximate surface area is 182 Å². The van der Waals surface area contributed by atoms with Gasteiger partial charge in [-0.1, -0.05) is 42.5 Å². The zero-order valence-electron chi connectivity index (χ0n) is 17.9. The molecule has 0 saturated heterocycles. The van der Waals surface area contributed by atoms with Crippen molar-refractivity contribution in [2.75, 3.05) is 12.4 Å². The smallest absolute Gasteiger partial charge is 0.338 e. The molecule has 5 nitrogen and oxygen atoms in total. The number of fused-ring (bicyclic) bond motifs is 1. The van der Waals surface area contributed by atoms with Crippen LogP contribution in [0.4, 0.5) is 5.69 Å². The van der Waals surface area contributed by atoms with E-state index in [2.05, 4.69) is 5.32 Å². The third-order valence-corrected chi connectivity index (χ3v) is 5.67. The van der Waals surface area contributed by atoms with E-state index in [1.54, 1.807) is 31.4 Å². The molecule has 5 heteroatoms. The van der Waals surface area contributed by atoms with Crippen LogP contribution in [0.25, 0.3) is 11.1 Å². The monoisotopic (exact) mass is 415 g/mol. The summed E-state index contributed by atoms with van der Waals surface area (Å²) in [6.07, 6.45) is 0.274. The lowest BCUT2D eigenvalue weighted by Gasteiger charge is -2.34. The first-order chi connectivity index (χ1) is 14.9. The highest BCUT2D eigenvalue weighted by atomic mass is 16.5. The van der Waals surface area contributed by atoms with Crippen LogP contribution in [0.1, 0.15) is 35.3 Å². The van der Waals surface area contributed by atoms with Crippen molar-refractivity contribution in [1.82, 2.24) is 0 Å². The van der Waals surface area contributed by atoms with Crippen molar-refractivity contribution in [3.8, 4) is 16.9 Å². The highest BCUT2D eigenvalue weighted by Gasteiger charge is 2.34. The van der Waals surface area contributed by atoms with Crippen LogP contribution in [0, 0.1) is 0 Å². The number of methoxy groups -OCH3 is 1. The molecule has 0 spiro atoms. The fourth-order valence-corrected chi connectivity index (χ4v) is 3.88. The molecule has 0 saturated carbocycles. The van der Waals surface area contributed by atoms with Gasteiger partial charge in [0, 0.05) is 23.2 Å². The number of para-hydroxylation sites is 1. The molecular formula is C26H25NO4. The van der Waals surface area contributed by atoms with E-state index >= 15 is 0 Å². The highest BCUT2D eigenvalue weighted by molar-refractivity contribution is 5.97. The number of anilines is 1. The van der Waals surface area contributed by atoms with Gasteiger partial charge >= 0.3 is 5.97 Å². The van der Waals surface area contributed by atoms with Crippen LogP contribution < -0.4 is 10.1 Å². The first-order valence-electron chi connectivity index (χ1n) is 10.2. The molecule has 31 heavy (non-hydrogen) atoms. The second kappa shape index (κ2) is 8.26. The number of nitrogens with one attached hydrogen (secondary N) is 1. The highest BCUT2D eigenvalue weighted by Crippen LogP contribution is 2.39. The number of ether oxygens (including phenoxy) is 2. The molecule has 1 aliphatic rings. The maximum absolute atomic E-state index is 12.8. The van der Waals surface area contributed by atoms with Crippen LogP contribution >= 0.6 is 0 Å². The van der Waals surface area contributed by atoms with Crippen molar-refractivity contribution >= 4 is 17.4 Å². The molecule has 1 N–H and O–H groups in total. The summed E-state index contributed by atoms with van der Waals surface area (Å²) < 4.78 is 11.2. The number of Topliss-reactive ketones (excluding diaryl/α,β-unsaturated/α-hetero) is 1. The predicted octanol–water partition coefficient (Wildman–Crippen LogP) is 5.03. The summed E-state index contributed by atoms with van der Waals surface area (Å²) in [6, 6.07) is 20.5. The second-order valence-electron chi connectivity index (χ2n) is 8.11. The summed E-state index contributed by atoms with van der Waals surface area (Å²) in [5, 5.41) is 3.33. The van der Waals surface area contributed by atoms with Crippen molar-refractivity contribution in [2.45, 2.75) is 32.4 Å². The number of hydrogen-bond donors (Lipinski definition) is 1. The van der Waals surface area contributed by atoms with Gasteiger partial charge in [-0.2, -0.15) is 0 Å². The molecule has 0 amide bonds. The summed E-state index contributed by atoms with van der Waals surface area (Å²) in [4.78, 5) is 25.4. The molecule has 4 rings (SSSR count). The fraction of sp³-hybridized carbons (Fsp3) is 0.231. The Kier molecular flexibility index (Phi) is 5.51. The number of carbonyl (C=O) groups excluding carboxylic acids is 2. The van der Waals surface area contributed by atoms with Crippen LogP contribution in [-0.4, -0.2) is 24.4 Å². The number of hydrogen-bond acceptors (Lipinski definition) is 5. The standard InChI is InChI=1S/C26H25NO4/c1-26(2)24(28)15-20-21(16-31-25(29)17-9-5-4-6-10-17)18(13-14-22(20)27-26)19-11-7-8-12-23(19)30-3/h4-14,27H,15-16H2,1-3H3. The molecule has 0 radical (unpaired) electrons. The van der Waals surface area contributed by atoms with Gasteiger partial charge in [-0.25, -0.2) is 4.79 Å². The molecule has 158 valence electrons. The number of carbonyl (C=O) groups is 2. The van der Waals surface area contributed by atoms with Gasteiger partial charge in [0.1, 0.15) is 12.4 Å². The van der Waals surface area contributed by atoms with Gasteiger partial charge in [0.25, 0.3) is 0 Å². The Morgan fingerprint density at radius 2 is 1.68 bits per heavy atom. The SMILES string of the molecule is COc1ccccc1-c1ccc2c(c1COC(=O)c1ccccc1)CC(=O)C(C)(C)N2. The Hall–Kier alpha value is -3.60. The van der Waals surface area contributed by atoms with Gasteiger partial charge in [-0.15, -0.1) is 0 Å². The molecule has 3 aromatic rings. The number of ketones is 1. The van der Waals surface area contributed by atoms with Gasteiger partial charge < -0.3 is 14.8 Å². The largest absolute Gasteiger partial charge is 0.496 e. The molecular weight excluding hydrogens is 390 g/mol. The van der Waals surface area contributed by atoms with Crippen molar-refractivity contribution in [3.05, 3.63) is 83.4 Å². The van der Waals surface area contributed by atoms with Gasteiger partial charge in [0.15, 0.2) is 5.78 Å². The molecule has 0 bridgehead atoms. The maximum Gasteiger partial charge on any atom is 0.338 e. The minimum absolute atomic E-state index is 0.0552. The van der Waals surface area contributed by atoms with Crippen molar-refractivity contribution < 1.29 is 19.1 Å². The lowest BCUT2D eigenvalue weighted by atomic mass is 9.83. The summed E-state index contributed by atoms with van der Waals surface area (Å²) in [7, 11) is 1.62. The Morgan fingerprint density at radius 3 is 2.42 bits per heavy atom. The van der Waals surface area contributed by atoms with Crippen molar-refractivity contribution in [2.24, 2.45) is 0 Å². The third kappa shape index (κ3) is 4.04. The van der Waals surface area contributed by atoms with E-state index in [-0.39, 0.29) is 18.8 Å². The minimum atomic E-state index is -0.642. The van der Waals surface area contributed by atoms with Crippen LogP contribution in [0.15, 0.2) is 66.7 Å². The van der Waals surface area contributed by atoms with Gasteiger partial charge in [-0.05, 0) is 49.2 Å². The third-order valence-electron chi connectivity index (χ3n) is 5.67. The average molecular weight is 415 g/mol. The number of benzene rings is 3. The lowest BCUT2D eigenvalue weighted by Crippen LogP contribution is -2.45. The fourth-order valence-electron chi connectivity index (χ4n) is 3.88. The second-order valence-corrected chi connectivity index (χ2v) is 8.11. The van der Waals surface area contributed by atoms with Crippen LogP contribution in [-0.2, 0) is 22.6 Å². The quantitative estimate of drug-likeness (QED) is 0.592. The van der Waals surface area contributed by atoms with Crippen molar-refractivity contribution in [3.63, 3.8) is 0 Å². The lowest BCUT2D eigenvalue weighted by molar-refractivity contribution is -0.122. The van der Waals surface area contributed by atoms with E-state index in [9.17, 15) is 9.59 Å². The predicted molar refractivity (Wildman–Crippen MR) is 120 cm³/mol. The topological polar surface area (TPSA) is 64.6 Å². The van der Waals surface area contributed by atoms with Gasteiger partial charge in [0.05, 0.1) is 18.2 Å². The van der Waals surface area contributed by atoms with Crippen LogP contribution in [0.5, 0.6) is 5.75 Å². The molecule has 3 aromatic carbocycles. The van der Waals surface area contributed by atoms with Crippen LogP contribution in [0.3, 0.4) is 0 Å². The molecule has 1 aliphatic heterocycles. The summed E-state index contributed by atoms with van der Waals surface area (Å²) >= 11 is 0. The molecule has 1 heterocycles. The average Bonchev–Trinajstić information content (AvgIpc) is 2.78. The molecule has 0 aromatic heterocycles.